The van der Waals surface area contributed by atoms with Crippen LogP contribution in [0.2, 0.25) is 10.0 Å². The first-order valence-electron chi connectivity index (χ1n) is 7.04. The summed E-state index contributed by atoms with van der Waals surface area (Å²) in [6.07, 6.45) is 4.97. The Kier molecular flexibility index (Phi) is 5.35. The fourth-order valence-corrected chi connectivity index (χ4v) is 3.14. The Morgan fingerprint density at radius 3 is 2.83 bits per heavy atom. The molecular formula is C17H13Cl2N3OS. The van der Waals surface area contributed by atoms with Crippen molar-refractivity contribution in [1.29, 1.82) is 0 Å². The molecule has 0 N–H and O–H groups in total. The third-order valence-corrected chi connectivity index (χ3v) is 4.69. The second kappa shape index (κ2) is 7.66. The quantitative estimate of drug-likeness (QED) is 0.451. The van der Waals surface area contributed by atoms with Crippen LogP contribution in [0.3, 0.4) is 0 Å². The van der Waals surface area contributed by atoms with E-state index >= 15 is 0 Å². The molecule has 7 heteroatoms. The second-order valence-corrected chi connectivity index (χ2v) is 6.38. The van der Waals surface area contributed by atoms with Gasteiger partial charge in [0.2, 0.25) is 4.80 Å². The van der Waals surface area contributed by atoms with E-state index in [1.165, 1.54) is 11.3 Å². The highest BCUT2D eigenvalue weighted by Gasteiger charge is 2.09. The van der Waals surface area contributed by atoms with Crippen molar-refractivity contribution in [1.82, 2.24) is 4.68 Å². The van der Waals surface area contributed by atoms with Crippen LogP contribution < -0.4 is 4.80 Å². The maximum atomic E-state index is 6.14. The molecule has 122 valence electrons. The lowest BCUT2D eigenvalue weighted by molar-refractivity contribution is 0.559. The van der Waals surface area contributed by atoms with Gasteiger partial charge in [-0.3, -0.25) is 4.99 Å². The summed E-state index contributed by atoms with van der Waals surface area (Å²) in [4.78, 5) is 5.22. The van der Waals surface area contributed by atoms with Gasteiger partial charge in [-0.25, -0.2) is 4.68 Å². The van der Waals surface area contributed by atoms with Crippen LogP contribution in [-0.2, 0) is 0 Å². The summed E-state index contributed by atoms with van der Waals surface area (Å²) >= 11 is 13.6. The molecule has 2 heterocycles. The predicted molar refractivity (Wildman–Crippen MR) is 100 cm³/mol. The monoisotopic (exact) mass is 377 g/mol. The Morgan fingerprint density at radius 2 is 2.12 bits per heavy atom. The summed E-state index contributed by atoms with van der Waals surface area (Å²) in [6, 6.07) is 9.10. The van der Waals surface area contributed by atoms with E-state index in [1.54, 1.807) is 29.3 Å². The zero-order valence-electron chi connectivity index (χ0n) is 12.5. The predicted octanol–water partition coefficient (Wildman–Crippen LogP) is 5.09. The lowest BCUT2D eigenvalue weighted by Crippen LogP contribution is -2.12. The lowest BCUT2D eigenvalue weighted by atomic mass is 10.2. The molecule has 1 aromatic carbocycles. The van der Waals surface area contributed by atoms with Crippen molar-refractivity contribution in [3.63, 3.8) is 0 Å². The minimum Gasteiger partial charge on any atom is -0.463 e. The van der Waals surface area contributed by atoms with Gasteiger partial charge in [0.15, 0.2) is 0 Å². The van der Waals surface area contributed by atoms with Crippen molar-refractivity contribution >= 4 is 40.8 Å². The molecule has 3 rings (SSSR count). The molecule has 2 aromatic heterocycles. The van der Waals surface area contributed by atoms with E-state index in [0.717, 1.165) is 16.1 Å². The van der Waals surface area contributed by atoms with E-state index in [2.05, 4.69) is 16.7 Å². The maximum absolute atomic E-state index is 6.14. The van der Waals surface area contributed by atoms with E-state index < -0.39 is 0 Å². The number of hydrogen-bond acceptors (Lipinski definition) is 4. The molecule has 0 aliphatic rings. The van der Waals surface area contributed by atoms with E-state index in [-0.39, 0.29) is 0 Å². The summed E-state index contributed by atoms with van der Waals surface area (Å²) in [6.45, 7) is 4.21. The van der Waals surface area contributed by atoms with Crippen LogP contribution in [0.15, 0.2) is 69.1 Å². The maximum Gasteiger partial charge on any atom is 0.206 e. The third-order valence-electron chi connectivity index (χ3n) is 3.10. The molecule has 4 nitrogen and oxygen atoms in total. The Hall–Kier alpha value is -2.08. The van der Waals surface area contributed by atoms with Crippen LogP contribution in [0.25, 0.3) is 11.3 Å². The Bertz CT molecular complexity index is 939. The number of aromatic nitrogens is 1. The van der Waals surface area contributed by atoms with Gasteiger partial charge in [-0.1, -0.05) is 35.3 Å². The van der Waals surface area contributed by atoms with Crippen LogP contribution in [0.4, 0.5) is 0 Å². The molecule has 0 aliphatic carbocycles. The standard InChI is InChI=1S/C17H13Cl2N3OS/c1-2-7-20-17-22(21-10-13-4-3-8-23-13)16(11-24-17)12-5-6-14(18)15(19)9-12/h2-6,8-11H,1,7H2. The largest absolute Gasteiger partial charge is 0.463 e. The summed E-state index contributed by atoms with van der Waals surface area (Å²) in [5.41, 5.74) is 1.77. The van der Waals surface area contributed by atoms with Gasteiger partial charge in [0.05, 0.1) is 34.8 Å². The molecule has 24 heavy (non-hydrogen) atoms. The van der Waals surface area contributed by atoms with E-state index in [4.69, 9.17) is 27.6 Å². The Balaban J connectivity index is 2.10. The molecule has 0 aliphatic heterocycles. The first kappa shape index (κ1) is 16.8. The topological polar surface area (TPSA) is 42.8 Å². The average molecular weight is 378 g/mol. The van der Waals surface area contributed by atoms with Crippen LogP contribution in [-0.4, -0.2) is 17.4 Å². The minimum atomic E-state index is 0.492. The van der Waals surface area contributed by atoms with Crippen molar-refractivity contribution in [3.8, 4) is 11.3 Å². The van der Waals surface area contributed by atoms with Crippen molar-refractivity contribution in [3.05, 3.63) is 75.2 Å². The van der Waals surface area contributed by atoms with Crippen molar-refractivity contribution in [2.24, 2.45) is 10.1 Å². The minimum absolute atomic E-state index is 0.492. The fraction of sp³-hybridized carbons (Fsp3) is 0.0588. The molecular weight excluding hydrogens is 365 g/mol. The number of benzene rings is 1. The molecule has 0 spiro atoms. The van der Waals surface area contributed by atoms with Gasteiger partial charge >= 0.3 is 0 Å². The molecule has 0 bridgehead atoms. The van der Waals surface area contributed by atoms with Gasteiger partial charge in [0, 0.05) is 10.9 Å². The number of rotatable bonds is 5. The Labute approximate surface area is 153 Å². The molecule has 0 saturated carbocycles. The van der Waals surface area contributed by atoms with Gasteiger partial charge in [-0.2, -0.15) is 5.10 Å². The van der Waals surface area contributed by atoms with Gasteiger partial charge in [0.1, 0.15) is 5.76 Å². The van der Waals surface area contributed by atoms with Crippen LogP contribution >= 0.6 is 34.5 Å². The Morgan fingerprint density at radius 1 is 1.25 bits per heavy atom. The summed E-state index contributed by atoms with van der Waals surface area (Å²) in [7, 11) is 0. The average Bonchev–Trinajstić information content (AvgIpc) is 3.23. The number of furan rings is 1. The summed E-state index contributed by atoms with van der Waals surface area (Å²) in [5, 5.41) is 7.47. The first-order valence-corrected chi connectivity index (χ1v) is 8.68. The molecule has 0 saturated heterocycles. The van der Waals surface area contributed by atoms with Crippen molar-refractivity contribution in [2.75, 3.05) is 6.54 Å². The van der Waals surface area contributed by atoms with E-state index in [1.807, 2.05) is 29.6 Å². The van der Waals surface area contributed by atoms with Crippen LogP contribution in [0.5, 0.6) is 0 Å². The van der Waals surface area contributed by atoms with Gasteiger partial charge in [0.25, 0.3) is 0 Å². The van der Waals surface area contributed by atoms with E-state index in [0.29, 0.717) is 22.4 Å². The van der Waals surface area contributed by atoms with Crippen LogP contribution in [0, 0.1) is 0 Å². The zero-order chi connectivity index (χ0) is 16.9. The smallest absolute Gasteiger partial charge is 0.206 e. The fourth-order valence-electron chi connectivity index (χ4n) is 2.00. The highest BCUT2D eigenvalue weighted by atomic mass is 35.5. The third kappa shape index (κ3) is 3.70. The van der Waals surface area contributed by atoms with Gasteiger partial charge in [-0.05, 0) is 24.3 Å². The second-order valence-electron chi connectivity index (χ2n) is 4.73. The molecule has 0 amide bonds. The molecule has 3 aromatic rings. The molecule has 0 radical (unpaired) electrons. The SMILES string of the molecule is C=CCN=c1scc(-c2ccc(Cl)c(Cl)c2)n1N=Cc1ccco1. The number of thiazole rings is 1. The van der Waals surface area contributed by atoms with Gasteiger partial charge in [-0.15, -0.1) is 17.9 Å². The number of halogens is 2. The number of nitrogens with zero attached hydrogens (tertiary/aromatic N) is 3. The molecule has 0 unspecified atom stereocenters. The number of hydrogen-bond donors (Lipinski definition) is 0. The summed E-state index contributed by atoms with van der Waals surface area (Å²) in [5.74, 6) is 0.656. The highest BCUT2D eigenvalue weighted by molar-refractivity contribution is 7.07. The molecule has 0 fully saturated rings. The van der Waals surface area contributed by atoms with Crippen LogP contribution in [0.1, 0.15) is 5.76 Å². The van der Waals surface area contributed by atoms with Gasteiger partial charge < -0.3 is 4.42 Å². The highest BCUT2D eigenvalue weighted by Crippen LogP contribution is 2.28. The van der Waals surface area contributed by atoms with Crippen molar-refractivity contribution < 1.29 is 4.42 Å². The lowest BCUT2D eigenvalue weighted by Gasteiger charge is -2.04. The van der Waals surface area contributed by atoms with Crippen molar-refractivity contribution in [2.45, 2.75) is 0 Å². The summed E-state index contributed by atoms with van der Waals surface area (Å²) < 4.78 is 7.03. The molecule has 0 atom stereocenters. The zero-order valence-corrected chi connectivity index (χ0v) is 14.9. The normalized spacial score (nSPS) is 12.2. The van der Waals surface area contributed by atoms with E-state index in [9.17, 15) is 0 Å². The first-order chi connectivity index (χ1) is 11.7.